The van der Waals surface area contributed by atoms with Gasteiger partial charge in [-0.25, -0.2) is 14.6 Å². The van der Waals surface area contributed by atoms with Gasteiger partial charge in [0.25, 0.3) is 0 Å². The molecule has 0 radical (unpaired) electrons. The number of allylic oxidation sites excluding steroid dienone is 1. The standard InChI is InChI=1S/C23H27N3O3.C13H19BrN2O2.C11H11BO3.2CH4/c1-23(2,3)29-22(27)26-11-5-6-20(26)21-24-14-19(25-21)17-8-7-16-13-18(28-4)10-9-15(16)12-17;1-13(2,3)18-12(17)16-6-4-5-11(16)10-7-9(14)8-15-10;1-15-11-5-3-8-6-10(12(13)14)4-2-9(8)7-11;;/h7-10,12-14,20H,5-6,11H2,1-4H3,(H,24,25);8,11H,4-7H2,1-3H3;2-7,13-14H,1H3;2*1H4/t20-;11-;;;/m00.../s1. The van der Waals surface area contributed by atoms with E-state index in [1.165, 1.54) is 0 Å². The number of aliphatic imine (C=N–C) groups is 1. The predicted octanol–water partition coefficient (Wildman–Crippen LogP) is 10.6. The van der Waals surface area contributed by atoms with Crippen molar-refractivity contribution in [1.29, 1.82) is 0 Å². The zero-order chi connectivity index (χ0) is 44.8. The molecular weight excluding hydrogens is 877 g/mol. The average molecular weight is 943 g/mol. The lowest BCUT2D eigenvalue weighted by molar-refractivity contribution is 0.0216. The third-order valence-electron chi connectivity index (χ3n) is 10.5. The van der Waals surface area contributed by atoms with Crippen LogP contribution in [0.2, 0.25) is 0 Å². The Morgan fingerprint density at radius 3 is 1.75 bits per heavy atom. The monoisotopic (exact) mass is 941 g/mol. The van der Waals surface area contributed by atoms with Gasteiger partial charge in [0, 0.05) is 41.5 Å². The van der Waals surface area contributed by atoms with Crippen LogP contribution in [0.1, 0.15) is 100 Å². The molecule has 0 saturated carbocycles. The summed E-state index contributed by atoms with van der Waals surface area (Å²) in [4.78, 5) is 40.7. The number of H-pyrrole nitrogens is 1. The fourth-order valence-electron chi connectivity index (χ4n) is 7.56. The van der Waals surface area contributed by atoms with Gasteiger partial charge in [-0.15, -0.1) is 0 Å². The van der Waals surface area contributed by atoms with Gasteiger partial charge < -0.3 is 34.0 Å². The second-order valence-electron chi connectivity index (χ2n) is 17.5. The molecule has 3 aliphatic heterocycles. The second-order valence-corrected chi connectivity index (χ2v) is 18.5. The molecule has 2 amide bonds. The van der Waals surface area contributed by atoms with Crippen molar-refractivity contribution in [1.82, 2.24) is 19.8 Å². The molecule has 2 saturated heterocycles. The van der Waals surface area contributed by atoms with Crippen LogP contribution in [0.25, 0.3) is 32.8 Å². The van der Waals surface area contributed by atoms with Crippen LogP contribution in [-0.2, 0) is 9.47 Å². The van der Waals surface area contributed by atoms with E-state index in [0.717, 1.165) is 99.0 Å². The van der Waals surface area contributed by atoms with Crippen molar-refractivity contribution in [2.45, 2.75) is 112 Å². The van der Waals surface area contributed by atoms with Gasteiger partial charge >= 0.3 is 19.3 Å². The molecule has 2 fully saturated rings. The number of hydrogen-bond acceptors (Lipinski definition) is 10. The lowest BCUT2D eigenvalue weighted by atomic mass is 9.79. The van der Waals surface area contributed by atoms with E-state index < -0.39 is 18.3 Å². The molecule has 3 N–H and O–H groups in total. The van der Waals surface area contributed by atoms with Crippen molar-refractivity contribution in [3.63, 3.8) is 0 Å². The average Bonchev–Trinajstić information content (AvgIpc) is 4.07. The van der Waals surface area contributed by atoms with Crippen LogP contribution in [0.5, 0.6) is 11.5 Å². The normalized spacial score (nSPS) is 16.9. The number of fused-ring (bicyclic) bond motifs is 2. The highest BCUT2D eigenvalue weighted by Gasteiger charge is 2.36. The van der Waals surface area contributed by atoms with Crippen molar-refractivity contribution in [3.8, 4) is 22.8 Å². The lowest BCUT2D eigenvalue weighted by Gasteiger charge is -2.28. The number of carbonyl (C=O) groups is 2. The Balaban J connectivity index is 0.000000222. The van der Waals surface area contributed by atoms with Crippen molar-refractivity contribution < 1.29 is 38.6 Å². The Kier molecular flexibility index (Phi) is 17.6. The molecule has 1 aromatic heterocycles. The molecule has 8 rings (SSSR count). The van der Waals surface area contributed by atoms with Crippen molar-refractivity contribution >= 4 is 68.0 Å². The van der Waals surface area contributed by atoms with Gasteiger partial charge in [-0.1, -0.05) is 73.2 Å². The minimum absolute atomic E-state index is 0. The number of carbonyl (C=O) groups excluding carboxylic acids is 2. The molecular formula is C49H65BBrN5O8. The maximum Gasteiger partial charge on any atom is 0.488 e. The number of likely N-dealkylation sites (tertiary alicyclic amines) is 2. The van der Waals surface area contributed by atoms with Gasteiger partial charge in [0.2, 0.25) is 0 Å². The van der Waals surface area contributed by atoms with E-state index in [-0.39, 0.29) is 39.1 Å². The third kappa shape index (κ3) is 13.3. The number of rotatable bonds is 6. The minimum atomic E-state index is -1.42. The maximum atomic E-state index is 12.6. The smallest absolute Gasteiger partial charge is 0.488 e. The number of nitrogens with zero attached hydrogens (tertiary/aromatic N) is 4. The van der Waals surface area contributed by atoms with Crippen molar-refractivity contribution in [3.05, 3.63) is 95.5 Å². The number of hydrogen-bond donors (Lipinski definition) is 3. The first kappa shape index (κ1) is 51.3. The van der Waals surface area contributed by atoms with Gasteiger partial charge in [-0.3, -0.25) is 14.8 Å². The first-order chi connectivity index (χ1) is 29.4. The number of imidazole rings is 1. The Morgan fingerprint density at radius 2 is 1.23 bits per heavy atom. The van der Waals surface area contributed by atoms with Gasteiger partial charge in [-0.05, 0) is 125 Å². The minimum Gasteiger partial charge on any atom is -0.497 e. The maximum absolute atomic E-state index is 12.6. The quantitative estimate of drug-likeness (QED) is 0.141. The summed E-state index contributed by atoms with van der Waals surface area (Å²) in [6.07, 6.45) is 7.78. The van der Waals surface area contributed by atoms with Crippen molar-refractivity contribution in [2.75, 3.05) is 27.3 Å². The topological polar surface area (TPSA) is 159 Å². The number of nitrogens with one attached hydrogen (secondary N) is 1. The highest BCUT2D eigenvalue weighted by molar-refractivity contribution is 9.11. The number of benzene rings is 4. The number of methoxy groups -OCH3 is 2. The Morgan fingerprint density at radius 1 is 0.734 bits per heavy atom. The molecule has 4 heterocycles. The summed E-state index contributed by atoms with van der Waals surface area (Å²) in [6, 6.07) is 23.3. The summed E-state index contributed by atoms with van der Waals surface area (Å²) in [5, 5.41) is 22.3. The number of aromatic amines is 1. The van der Waals surface area contributed by atoms with Crippen LogP contribution in [0, 0.1) is 0 Å². The number of amides is 2. The van der Waals surface area contributed by atoms with Crippen LogP contribution in [0.3, 0.4) is 0 Å². The number of halogens is 1. The Hall–Kier alpha value is -5.38. The first-order valence-corrected chi connectivity index (χ1v) is 21.7. The molecule has 344 valence electrons. The fourth-order valence-corrected chi connectivity index (χ4v) is 7.95. The largest absolute Gasteiger partial charge is 0.497 e. The van der Waals surface area contributed by atoms with E-state index in [0.29, 0.717) is 12.0 Å². The van der Waals surface area contributed by atoms with Gasteiger partial charge in [0.1, 0.15) is 28.5 Å². The van der Waals surface area contributed by atoms with Crippen LogP contribution in [0.15, 0.2) is 94.7 Å². The molecule has 0 bridgehead atoms. The van der Waals surface area contributed by atoms with Crippen LogP contribution < -0.4 is 14.9 Å². The van der Waals surface area contributed by atoms with Gasteiger partial charge in [0.05, 0.1) is 38.2 Å². The summed E-state index contributed by atoms with van der Waals surface area (Å²) in [5.74, 6) is 2.44. The van der Waals surface area contributed by atoms with Crippen LogP contribution >= 0.6 is 15.9 Å². The number of aromatic nitrogens is 2. The molecule has 13 nitrogen and oxygen atoms in total. The highest BCUT2D eigenvalue weighted by atomic mass is 79.9. The Bertz CT molecular complexity index is 2440. The SMILES string of the molecule is C.C.CC(C)(C)OC(=O)N1CCC[C@H]1C1=NC=C(Br)C1.COc1ccc2cc(-c3cnc([C@@H]4CCCN4C(=O)OC(C)(C)C)[nH]3)ccc2c1.COc1ccc2cc(B(O)O)ccc2c1. The molecule has 0 spiro atoms. The first-order valence-electron chi connectivity index (χ1n) is 20.9. The van der Waals surface area contributed by atoms with E-state index in [4.69, 9.17) is 29.0 Å². The summed E-state index contributed by atoms with van der Waals surface area (Å²) >= 11 is 3.44. The number of ether oxygens (including phenoxy) is 4. The van der Waals surface area contributed by atoms with Gasteiger partial charge in [0.15, 0.2) is 0 Å². The van der Waals surface area contributed by atoms with E-state index in [2.05, 4.69) is 55.2 Å². The summed E-state index contributed by atoms with van der Waals surface area (Å²) in [7, 11) is 1.87. The van der Waals surface area contributed by atoms with E-state index in [1.54, 1.807) is 31.3 Å². The predicted molar refractivity (Wildman–Crippen MR) is 262 cm³/mol. The summed E-state index contributed by atoms with van der Waals surface area (Å²) < 4.78 is 22.5. The molecule has 64 heavy (non-hydrogen) atoms. The van der Waals surface area contributed by atoms with Crippen LogP contribution in [-0.4, -0.2) is 99.4 Å². The molecule has 0 aliphatic carbocycles. The zero-order valence-electron chi connectivity index (χ0n) is 36.8. The highest BCUT2D eigenvalue weighted by Crippen LogP contribution is 2.34. The zero-order valence-corrected chi connectivity index (χ0v) is 38.4. The molecule has 4 aromatic carbocycles. The molecule has 0 unspecified atom stereocenters. The van der Waals surface area contributed by atoms with Gasteiger partial charge in [-0.2, -0.15) is 0 Å². The summed E-state index contributed by atoms with van der Waals surface area (Å²) in [5.41, 5.74) is 2.60. The van der Waals surface area contributed by atoms with E-state index in [9.17, 15) is 9.59 Å². The van der Waals surface area contributed by atoms with Crippen molar-refractivity contribution in [2.24, 2.45) is 4.99 Å². The fraction of sp³-hybridized carbons (Fsp3) is 0.429. The summed E-state index contributed by atoms with van der Waals surface area (Å²) in [6.45, 7) is 12.8. The Labute approximate surface area is 387 Å². The lowest BCUT2D eigenvalue weighted by Crippen LogP contribution is -2.43. The molecule has 3 aliphatic rings. The molecule has 2 atom stereocenters. The third-order valence-corrected chi connectivity index (χ3v) is 11.0. The molecule has 5 aromatic rings. The van der Waals surface area contributed by atoms with Crippen LogP contribution in [0.4, 0.5) is 9.59 Å². The second kappa shape index (κ2) is 22.0. The van der Waals surface area contributed by atoms with E-state index >= 15 is 0 Å². The van der Waals surface area contributed by atoms with E-state index in [1.807, 2.05) is 95.2 Å². The molecule has 15 heteroatoms.